The number of hydrogen-bond donors (Lipinski definition) is 0. The molecule has 1 saturated heterocycles. The third-order valence-corrected chi connectivity index (χ3v) is 10.3. The highest BCUT2D eigenvalue weighted by atomic mass is 79.9. The van der Waals surface area contributed by atoms with Crippen LogP contribution in [-0.4, -0.2) is 34.7 Å². The van der Waals surface area contributed by atoms with Gasteiger partial charge in [0, 0.05) is 28.1 Å². The lowest BCUT2D eigenvalue weighted by atomic mass is 10.0. The number of fused-ring (bicyclic) bond motifs is 1. The number of aromatic nitrogens is 2. The Hall–Kier alpha value is -0.410. The van der Waals surface area contributed by atoms with Crippen molar-refractivity contribution in [3.63, 3.8) is 0 Å². The number of likely N-dealkylation sites (tertiary alicyclic amines) is 1. The number of ether oxygens (including phenoxy) is 1. The van der Waals surface area contributed by atoms with E-state index in [-0.39, 0.29) is 0 Å². The third kappa shape index (κ3) is 4.33. The van der Waals surface area contributed by atoms with Crippen molar-refractivity contribution in [1.29, 1.82) is 0 Å². The summed E-state index contributed by atoms with van der Waals surface area (Å²) in [6.07, 6.45) is 5.49. The minimum Gasteiger partial charge on any atom is -0.497 e. The van der Waals surface area contributed by atoms with Crippen LogP contribution < -0.4 is 4.74 Å². The fraction of sp³-hybridized carbons (Fsp3) is 0.381. The fourth-order valence-corrected chi connectivity index (χ4v) is 6.49. The number of halogens is 4. The molecule has 0 spiro atoms. The van der Waals surface area contributed by atoms with Gasteiger partial charge < -0.3 is 9.30 Å². The quantitative estimate of drug-likeness (QED) is 0.207. The molecule has 4 nitrogen and oxygen atoms in total. The summed E-state index contributed by atoms with van der Waals surface area (Å²) in [6.45, 7) is 3.17. The number of rotatable bonds is 6. The van der Waals surface area contributed by atoms with E-state index in [4.69, 9.17) is 4.74 Å². The van der Waals surface area contributed by atoms with Crippen LogP contribution in [-0.2, 0) is 6.54 Å². The molecule has 1 unspecified atom stereocenters. The van der Waals surface area contributed by atoms with Gasteiger partial charge in [0.2, 0.25) is 0 Å². The maximum atomic E-state index is 5.30. The predicted molar refractivity (Wildman–Crippen MR) is 132 cm³/mol. The van der Waals surface area contributed by atoms with E-state index in [2.05, 4.69) is 102 Å². The number of imidazole rings is 1. The zero-order valence-electron chi connectivity index (χ0n) is 16.0. The summed E-state index contributed by atoms with van der Waals surface area (Å²) < 4.78 is 11.5. The maximum absolute atomic E-state index is 5.30. The molecule has 1 aromatic heterocycles. The molecule has 0 saturated carbocycles. The van der Waals surface area contributed by atoms with Crippen molar-refractivity contribution in [2.75, 3.05) is 20.2 Å². The topological polar surface area (TPSA) is 30.3 Å². The van der Waals surface area contributed by atoms with Crippen molar-refractivity contribution >= 4 is 74.8 Å². The largest absolute Gasteiger partial charge is 0.497 e. The molecule has 3 aromatic rings. The lowest BCUT2D eigenvalue weighted by Crippen LogP contribution is -2.25. The van der Waals surface area contributed by atoms with Crippen LogP contribution in [0.4, 0.5) is 0 Å². The molecule has 0 amide bonds. The Balaban J connectivity index is 1.46. The van der Waals surface area contributed by atoms with Crippen LogP contribution in [0.1, 0.15) is 30.9 Å². The molecule has 0 N–H and O–H groups in total. The van der Waals surface area contributed by atoms with Crippen LogP contribution >= 0.6 is 63.7 Å². The summed E-state index contributed by atoms with van der Waals surface area (Å²) in [5.41, 5.74) is 3.46. The van der Waals surface area contributed by atoms with Crippen LogP contribution in [0.15, 0.2) is 48.5 Å². The highest BCUT2D eigenvalue weighted by molar-refractivity contribution is 9.15. The van der Waals surface area contributed by atoms with Gasteiger partial charge in [-0.05, 0) is 107 Å². The first kappa shape index (κ1) is 21.8. The molecule has 1 aliphatic heterocycles. The van der Waals surface area contributed by atoms with Gasteiger partial charge in [-0.1, -0.05) is 12.1 Å². The summed E-state index contributed by atoms with van der Waals surface area (Å²) in [7, 11) is 1.71. The molecule has 4 rings (SSSR count). The Bertz CT molecular complexity index is 1020. The van der Waals surface area contributed by atoms with E-state index in [1.165, 1.54) is 18.4 Å². The smallest absolute Gasteiger partial charge is 0.118 e. The van der Waals surface area contributed by atoms with E-state index in [9.17, 15) is 0 Å². The Labute approximate surface area is 204 Å². The van der Waals surface area contributed by atoms with Gasteiger partial charge in [0.15, 0.2) is 0 Å². The molecule has 0 bridgehead atoms. The molecule has 2 aromatic carbocycles. The lowest BCUT2D eigenvalue weighted by molar-refractivity contribution is 0.249. The molecule has 1 atom stereocenters. The molecule has 1 aliphatic rings. The van der Waals surface area contributed by atoms with Crippen LogP contribution in [0.2, 0.25) is 0 Å². The van der Waals surface area contributed by atoms with Gasteiger partial charge in [-0.25, -0.2) is 4.98 Å². The molecule has 29 heavy (non-hydrogen) atoms. The Morgan fingerprint density at radius 2 is 1.72 bits per heavy atom. The van der Waals surface area contributed by atoms with Gasteiger partial charge in [-0.2, -0.15) is 0 Å². The Kier molecular flexibility index (Phi) is 7.06. The molecule has 0 aliphatic carbocycles. The number of nitrogens with zero attached hydrogens (tertiary/aromatic N) is 3. The lowest BCUT2D eigenvalue weighted by Gasteiger charge is -2.25. The van der Waals surface area contributed by atoms with Gasteiger partial charge in [0.05, 0.1) is 27.9 Å². The van der Waals surface area contributed by atoms with Crippen LogP contribution in [0, 0.1) is 0 Å². The monoisotopic (exact) mass is 647 g/mol. The fourth-order valence-electron chi connectivity index (χ4n) is 4.08. The molecular formula is C21H21Br4N3O. The zero-order chi connectivity index (χ0) is 20.5. The van der Waals surface area contributed by atoms with E-state index in [0.29, 0.717) is 6.04 Å². The van der Waals surface area contributed by atoms with E-state index < -0.39 is 0 Å². The standard InChI is InChI=1S/C21H21Br4N3O/c1-29-14-7-5-13(6-8-14)15-4-2-9-27(15)10-3-11-28-12-26-20-18(24)16(22)17(23)19(25)21(20)28/h5-8,12,15H,2-4,9-11H2,1H3. The Morgan fingerprint density at radius 1 is 1.00 bits per heavy atom. The highest BCUT2D eigenvalue weighted by Gasteiger charge is 2.25. The minimum atomic E-state index is 0.506. The van der Waals surface area contributed by atoms with Gasteiger partial charge in [-0.15, -0.1) is 0 Å². The summed E-state index contributed by atoms with van der Waals surface area (Å²) in [5, 5.41) is 0. The van der Waals surface area contributed by atoms with Crippen LogP contribution in [0.5, 0.6) is 5.75 Å². The first-order chi connectivity index (χ1) is 14.0. The average Bonchev–Trinajstić information content (AvgIpc) is 3.38. The highest BCUT2D eigenvalue weighted by Crippen LogP contribution is 2.43. The van der Waals surface area contributed by atoms with E-state index >= 15 is 0 Å². The van der Waals surface area contributed by atoms with E-state index in [0.717, 1.165) is 60.7 Å². The zero-order valence-corrected chi connectivity index (χ0v) is 22.3. The normalized spacial score (nSPS) is 17.3. The maximum Gasteiger partial charge on any atom is 0.118 e. The Morgan fingerprint density at radius 3 is 2.45 bits per heavy atom. The van der Waals surface area contributed by atoms with Crippen molar-refractivity contribution in [3.05, 3.63) is 54.0 Å². The number of benzene rings is 2. The van der Waals surface area contributed by atoms with E-state index in [1.807, 2.05) is 6.33 Å². The van der Waals surface area contributed by atoms with Crippen molar-refractivity contribution in [2.24, 2.45) is 0 Å². The minimum absolute atomic E-state index is 0.506. The van der Waals surface area contributed by atoms with Gasteiger partial charge in [0.25, 0.3) is 0 Å². The second kappa shape index (κ2) is 9.39. The van der Waals surface area contributed by atoms with Crippen molar-refractivity contribution < 1.29 is 4.74 Å². The van der Waals surface area contributed by atoms with Crippen molar-refractivity contribution in [1.82, 2.24) is 14.5 Å². The van der Waals surface area contributed by atoms with Gasteiger partial charge >= 0.3 is 0 Å². The second-order valence-corrected chi connectivity index (χ2v) is 10.4. The third-order valence-electron chi connectivity index (χ3n) is 5.54. The number of hydrogen-bond acceptors (Lipinski definition) is 3. The number of methoxy groups -OCH3 is 1. The molecule has 154 valence electrons. The number of aryl methyl sites for hydroxylation is 1. The van der Waals surface area contributed by atoms with Crippen LogP contribution in [0.25, 0.3) is 11.0 Å². The van der Waals surface area contributed by atoms with Gasteiger partial charge in [0.1, 0.15) is 11.3 Å². The van der Waals surface area contributed by atoms with E-state index in [1.54, 1.807) is 7.11 Å². The van der Waals surface area contributed by atoms with Crippen LogP contribution in [0.3, 0.4) is 0 Å². The summed E-state index contributed by atoms with van der Waals surface area (Å²) in [5.74, 6) is 0.916. The molecule has 2 heterocycles. The summed E-state index contributed by atoms with van der Waals surface area (Å²) in [6, 6.07) is 9.04. The predicted octanol–water partition coefficient (Wildman–Crippen LogP) is 7.32. The molecule has 8 heteroatoms. The SMILES string of the molecule is COc1ccc(C2CCCN2CCCn2cnc3c(Br)c(Br)c(Br)c(Br)c32)cc1. The molecule has 0 radical (unpaired) electrons. The first-order valence-electron chi connectivity index (χ1n) is 9.56. The van der Waals surface area contributed by atoms with Crippen molar-refractivity contribution in [2.45, 2.75) is 31.8 Å². The van der Waals surface area contributed by atoms with Gasteiger partial charge in [-0.3, -0.25) is 4.90 Å². The average molecular weight is 651 g/mol. The molecular weight excluding hydrogens is 630 g/mol. The van der Waals surface area contributed by atoms with Crippen molar-refractivity contribution in [3.8, 4) is 5.75 Å². The summed E-state index contributed by atoms with van der Waals surface area (Å²) >= 11 is 14.6. The second-order valence-electron chi connectivity index (χ2n) is 7.21. The molecule has 1 fully saturated rings. The summed E-state index contributed by atoms with van der Waals surface area (Å²) in [4.78, 5) is 7.23. The first-order valence-corrected chi connectivity index (χ1v) is 12.7.